The van der Waals surface area contributed by atoms with Crippen molar-refractivity contribution in [1.29, 1.82) is 0 Å². The Kier molecular flexibility index (Phi) is 6.36. The zero-order valence-corrected chi connectivity index (χ0v) is 19.3. The van der Waals surface area contributed by atoms with Crippen LogP contribution < -0.4 is 11.1 Å². The van der Waals surface area contributed by atoms with E-state index in [0.717, 1.165) is 32.7 Å². The van der Waals surface area contributed by atoms with E-state index < -0.39 is 29.6 Å². The summed E-state index contributed by atoms with van der Waals surface area (Å²) in [5.74, 6) is -3.50. The second-order valence-electron chi connectivity index (χ2n) is 8.41. The largest absolute Gasteiger partial charge is 0.481 e. The fourth-order valence-electron chi connectivity index (χ4n) is 4.14. The first-order valence-electron chi connectivity index (χ1n) is 10.2. The quantitative estimate of drug-likeness (QED) is 0.579. The zero-order valence-electron chi connectivity index (χ0n) is 18.5. The van der Waals surface area contributed by atoms with Crippen LogP contribution >= 0.6 is 11.3 Å². The number of nitrogens with two attached hydrogens (primary N) is 1. The first kappa shape index (κ1) is 22.7. The van der Waals surface area contributed by atoms with Gasteiger partial charge in [-0.2, -0.15) is 0 Å². The third-order valence-corrected chi connectivity index (χ3v) is 7.30. The van der Waals surface area contributed by atoms with Gasteiger partial charge >= 0.3 is 5.97 Å². The molecule has 0 fully saturated rings. The molecule has 2 unspecified atom stereocenters. The molecular formula is C24H28N2O4S. The SMILES string of the molecule is CC1=C(C)CC(C(=O)Nc2sc(C)c(-c3ccc(C)c(C)c3)c2C(N)=O)C(C(=O)O)C1. The second kappa shape index (κ2) is 8.67. The summed E-state index contributed by atoms with van der Waals surface area (Å²) in [7, 11) is 0. The number of allylic oxidation sites excluding steroid dienone is 2. The van der Waals surface area contributed by atoms with Crippen LogP contribution in [0, 0.1) is 32.6 Å². The maximum absolute atomic E-state index is 13.1. The van der Waals surface area contributed by atoms with Crippen LogP contribution in [0.5, 0.6) is 0 Å². The van der Waals surface area contributed by atoms with Gasteiger partial charge in [-0.25, -0.2) is 0 Å². The highest BCUT2D eigenvalue weighted by Gasteiger charge is 2.38. The maximum atomic E-state index is 13.1. The van der Waals surface area contributed by atoms with E-state index in [1.54, 1.807) is 0 Å². The number of carbonyl (C=O) groups is 3. The number of hydrogen-bond donors (Lipinski definition) is 3. The molecule has 6 nitrogen and oxygen atoms in total. The Morgan fingerprint density at radius 3 is 2.16 bits per heavy atom. The number of carboxylic acids is 1. The van der Waals surface area contributed by atoms with E-state index in [4.69, 9.17) is 5.73 Å². The van der Waals surface area contributed by atoms with Crippen molar-refractivity contribution < 1.29 is 19.5 Å². The van der Waals surface area contributed by atoms with E-state index in [1.165, 1.54) is 11.3 Å². The van der Waals surface area contributed by atoms with Gasteiger partial charge in [-0.3, -0.25) is 14.4 Å². The topological polar surface area (TPSA) is 109 Å². The first-order valence-corrected chi connectivity index (χ1v) is 11.0. The van der Waals surface area contributed by atoms with Gasteiger partial charge in [-0.1, -0.05) is 29.3 Å². The molecule has 0 spiro atoms. The average Bonchev–Trinajstić information content (AvgIpc) is 3.01. The lowest BCUT2D eigenvalue weighted by Crippen LogP contribution is -2.36. The Morgan fingerprint density at radius 2 is 1.61 bits per heavy atom. The third kappa shape index (κ3) is 4.42. The molecule has 3 rings (SSSR count). The van der Waals surface area contributed by atoms with Crippen molar-refractivity contribution in [2.75, 3.05) is 5.32 Å². The number of carbonyl (C=O) groups excluding carboxylic acids is 2. The number of thiophene rings is 1. The van der Waals surface area contributed by atoms with Crippen molar-refractivity contribution in [2.24, 2.45) is 17.6 Å². The molecule has 0 aliphatic heterocycles. The van der Waals surface area contributed by atoms with Crippen molar-refractivity contribution >= 4 is 34.1 Å². The Bertz CT molecular complexity index is 1110. The molecule has 2 amide bonds. The summed E-state index contributed by atoms with van der Waals surface area (Å²) in [6, 6.07) is 5.93. The molecule has 0 saturated heterocycles. The minimum atomic E-state index is -0.986. The summed E-state index contributed by atoms with van der Waals surface area (Å²) in [5, 5.41) is 12.8. The fraction of sp³-hybridized carbons (Fsp3) is 0.375. The highest BCUT2D eigenvalue weighted by atomic mass is 32.1. The molecule has 1 aromatic carbocycles. The van der Waals surface area contributed by atoms with Gasteiger partial charge in [0.25, 0.3) is 5.91 Å². The average molecular weight is 441 g/mol. The van der Waals surface area contributed by atoms with Gasteiger partial charge in [0.2, 0.25) is 5.91 Å². The molecular weight excluding hydrogens is 412 g/mol. The van der Waals surface area contributed by atoms with E-state index in [0.29, 0.717) is 23.4 Å². The summed E-state index contributed by atoms with van der Waals surface area (Å²) >= 11 is 1.29. The van der Waals surface area contributed by atoms with Crippen LogP contribution in [-0.2, 0) is 9.59 Å². The van der Waals surface area contributed by atoms with Crippen molar-refractivity contribution in [3.05, 3.63) is 50.9 Å². The molecule has 7 heteroatoms. The predicted octanol–water partition coefficient (Wildman–Crippen LogP) is 4.82. The summed E-state index contributed by atoms with van der Waals surface area (Å²) in [6.07, 6.45) is 0.730. The molecule has 1 aliphatic rings. The predicted molar refractivity (Wildman–Crippen MR) is 123 cm³/mol. The molecule has 2 aromatic rings. The van der Waals surface area contributed by atoms with Gasteiger partial charge in [-0.05, 0) is 64.2 Å². The fourth-order valence-corrected chi connectivity index (χ4v) is 5.23. The van der Waals surface area contributed by atoms with Crippen LogP contribution in [0.25, 0.3) is 11.1 Å². The van der Waals surface area contributed by atoms with Gasteiger partial charge in [-0.15, -0.1) is 11.3 Å². The molecule has 164 valence electrons. The van der Waals surface area contributed by atoms with Crippen molar-refractivity contribution in [3.8, 4) is 11.1 Å². The van der Waals surface area contributed by atoms with E-state index in [9.17, 15) is 19.5 Å². The standard InChI is InChI=1S/C24H28N2O4S/c1-11-6-7-16(8-12(11)2)19-15(5)31-23(20(19)21(25)27)26-22(28)17-9-13(3)14(4)10-18(17)24(29)30/h6-8,17-18H,9-10H2,1-5H3,(H2,25,27)(H,26,28)(H,29,30). The molecule has 0 radical (unpaired) electrons. The van der Waals surface area contributed by atoms with E-state index in [-0.39, 0.29) is 5.56 Å². The number of hydrogen-bond acceptors (Lipinski definition) is 4. The van der Waals surface area contributed by atoms with Gasteiger partial charge in [0.05, 0.1) is 17.4 Å². The molecule has 1 heterocycles. The highest BCUT2D eigenvalue weighted by Crippen LogP contribution is 2.41. The number of benzene rings is 1. The van der Waals surface area contributed by atoms with Gasteiger partial charge in [0.1, 0.15) is 5.00 Å². The molecule has 0 bridgehead atoms. The Balaban J connectivity index is 2.00. The number of amides is 2. The smallest absolute Gasteiger partial charge is 0.307 e. The van der Waals surface area contributed by atoms with E-state index in [1.807, 2.05) is 52.8 Å². The molecule has 4 N–H and O–H groups in total. The van der Waals surface area contributed by atoms with Crippen molar-refractivity contribution in [3.63, 3.8) is 0 Å². The van der Waals surface area contributed by atoms with Crippen LogP contribution in [0.4, 0.5) is 5.00 Å². The molecule has 1 aliphatic carbocycles. The minimum Gasteiger partial charge on any atom is -0.481 e. The maximum Gasteiger partial charge on any atom is 0.307 e. The minimum absolute atomic E-state index is 0.269. The first-order chi connectivity index (χ1) is 14.5. The van der Waals surface area contributed by atoms with Gasteiger partial charge < -0.3 is 16.2 Å². The summed E-state index contributed by atoms with van der Waals surface area (Å²) < 4.78 is 0. The van der Waals surface area contributed by atoms with Crippen LogP contribution in [0.3, 0.4) is 0 Å². The normalized spacial score (nSPS) is 18.7. The number of aryl methyl sites for hydroxylation is 3. The molecule has 31 heavy (non-hydrogen) atoms. The highest BCUT2D eigenvalue weighted by molar-refractivity contribution is 7.17. The number of rotatable bonds is 5. The summed E-state index contributed by atoms with van der Waals surface area (Å²) in [6.45, 7) is 9.73. The van der Waals surface area contributed by atoms with Crippen LogP contribution in [0.1, 0.15) is 53.1 Å². The number of carboxylic acid groups (broad SMARTS) is 1. The second-order valence-corrected chi connectivity index (χ2v) is 9.63. The van der Waals surface area contributed by atoms with Crippen LogP contribution in [0.15, 0.2) is 29.3 Å². The van der Waals surface area contributed by atoms with Crippen LogP contribution in [-0.4, -0.2) is 22.9 Å². The lowest BCUT2D eigenvalue weighted by Gasteiger charge is -2.29. The third-order valence-electron chi connectivity index (χ3n) is 6.28. The molecule has 1 aromatic heterocycles. The number of primary amides is 1. The van der Waals surface area contributed by atoms with E-state index >= 15 is 0 Å². The number of aliphatic carboxylic acids is 1. The lowest BCUT2D eigenvalue weighted by atomic mass is 9.76. The molecule has 0 saturated carbocycles. The molecule has 2 atom stereocenters. The zero-order chi connectivity index (χ0) is 23.0. The summed E-state index contributed by atoms with van der Waals surface area (Å²) in [4.78, 5) is 38.1. The monoisotopic (exact) mass is 440 g/mol. The van der Waals surface area contributed by atoms with Gasteiger partial charge in [0, 0.05) is 10.4 Å². The van der Waals surface area contributed by atoms with E-state index in [2.05, 4.69) is 5.32 Å². The lowest BCUT2D eigenvalue weighted by molar-refractivity contribution is -0.146. The van der Waals surface area contributed by atoms with Crippen molar-refractivity contribution in [1.82, 2.24) is 0 Å². The number of anilines is 1. The Labute approximate surface area is 186 Å². The number of nitrogens with one attached hydrogen (secondary N) is 1. The van der Waals surface area contributed by atoms with Crippen LogP contribution in [0.2, 0.25) is 0 Å². The Hall–Kier alpha value is -2.93. The van der Waals surface area contributed by atoms with Crippen molar-refractivity contribution in [2.45, 2.75) is 47.5 Å². The Morgan fingerprint density at radius 1 is 1.00 bits per heavy atom. The van der Waals surface area contributed by atoms with Gasteiger partial charge in [0.15, 0.2) is 0 Å². The summed E-state index contributed by atoms with van der Waals surface area (Å²) in [5.41, 5.74) is 11.8.